The number of hydrogen-bond acceptors (Lipinski definition) is 7. The summed E-state index contributed by atoms with van der Waals surface area (Å²) in [6.07, 6.45) is -1.03. The summed E-state index contributed by atoms with van der Waals surface area (Å²) < 4.78 is 41.2. The minimum atomic E-state index is -3.86. The molecule has 2 rings (SSSR count). The van der Waals surface area contributed by atoms with Gasteiger partial charge >= 0.3 is 23.9 Å². The van der Waals surface area contributed by atoms with Gasteiger partial charge in [0.2, 0.25) is 5.41 Å². The summed E-state index contributed by atoms with van der Waals surface area (Å²) in [5, 5.41) is 0. The number of carbonyl (C=O) groups excluding carboxylic acids is 4. The van der Waals surface area contributed by atoms with Gasteiger partial charge in [0.1, 0.15) is 0 Å². The van der Waals surface area contributed by atoms with Gasteiger partial charge in [-0.2, -0.15) is 0 Å². The first kappa shape index (κ1) is 18.5. The smallest absolute Gasteiger partial charge is 0.345 e. The molecular weight excluding hydrogens is 342 g/mol. The molecule has 0 N–H and O–H groups in total. The molecule has 1 unspecified atom stereocenters. The maximum atomic E-state index is 14.1. The van der Waals surface area contributed by atoms with Gasteiger partial charge in [-0.25, -0.2) is 13.6 Å². The summed E-state index contributed by atoms with van der Waals surface area (Å²) in [4.78, 5) is 47.0. The Kier molecular flexibility index (Phi) is 4.87. The van der Waals surface area contributed by atoms with Crippen LogP contribution in [0.4, 0.5) is 8.78 Å². The average Bonchev–Trinajstić information content (AvgIpc) is 3.09. The Bertz CT molecular complexity index is 698. The molecule has 1 aromatic rings. The molecule has 0 aromatic heterocycles. The summed E-state index contributed by atoms with van der Waals surface area (Å²) in [6, 6.07) is 7.42. The molecule has 0 saturated heterocycles. The zero-order chi connectivity index (χ0) is 18.8. The normalized spacial score (nSPS) is 19.4. The molecule has 7 nitrogen and oxygen atoms in total. The van der Waals surface area contributed by atoms with E-state index in [4.69, 9.17) is 0 Å². The van der Waals surface area contributed by atoms with Crippen molar-refractivity contribution in [3.63, 3.8) is 0 Å². The zero-order valence-corrected chi connectivity index (χ0v) is 13.3. The molecule has 0 bridgehead atoms. The van der Waals surface area contributed by atoms with Crippen LogP contribution in [0.2, 0.25) is 0 Å². The van der Waals surface area contributed by atoms with Crippen molar-refractivity contribution >= 4 is 23.9 Å². The van der Waals surface area contributed by atoms with Gasteiger partial charge in [0.05, 0.1) is 32.1 Å². The molecule has 25 heavy (non-hydrogen) atoms. The van der Waals surface area contributed by atoms with E-state index < -0.39 is 47.6 Å². The Morgan fingerprint density at radius 3 is 2.00 bits per heavy atom. The number of carbonyl (C=O) groups is 4. The lowest BCUT2D eigenvalue weighted by Crippen LogP contribution is -2.34. The monoisotopic (exact) mass is 356 g/mol. The van der Waals surface area contributed by atoms with Crippen LogP contribution < -0.4 is 0 Å². The molecule has 9 heteroatoms. The van der Waals surface area contributed by atoms with Crippen LogP contribution in [0.15, 0.2) is 30.3 Å². The molecule has 0 spiro atoms. The zero-order valence-electron chi connectivity index (χ0n) is 13.3. The van der Waals surface area contributed by atoms with Crippen LogP contribution in [-0.4, -0.2) is 44.0 Å². The van der Waals surface area contributed by atoms with Gasteiger partial charge in [-0.05, 0) is 12.1 Å². The summed E-state index contributed by atoms with van der Waals surface area (Å²) in [5.41, 5.74) is -2.86. The van der Waals surface area contributed by atoms with Crippen molar-refractivity contribution in [2.24, 2.45) is 11.3 Å². The molecule has 0 radical (unpaired) electrons. The summed E-state index contributed by atoms with van der Waals surface area (Å²) in [5.74, 6) is -11.2. The minimum absolute atomic E-state index is 0.0469. The Labute approximate surface area is 140 Å². The maximum Gasteiger partial charge on any atom is 0.345 e. The summed E-state index contributed by atoms with van der Waals surface area (Å²) >= 11 is 0. The lowest BCUT2D eigenvalue weighted by molar-refractivity contribution is -0.167. The van der Waals surface area contributed by atoms with Gasteiger partial charge in [0, 0.05) is 0 Å². The topological polar surface area (TPSA) is 96.0 Å². The molecule has 0 aliphatic heterocycles. The first-order valence-electron chi connectivity index (χ1n) is 7.08. The maximum absolute atomic E-state index is 14.1. The van der Waals surface area contributed by atoms with E-state index in [9.17, 15) is 28.0 Å². The number of halogens is 2. The van der Waals surface area contributed by atoms with Crippen LogP contribution in [-0.2, 0) is 28.6 Å². The highest BCUT2D eigenvalue weighted by Gasteiger charge is 2.90. The Hall–Kier alpha value is -2.84. The molecule has 1 aliphatic rings. The second kappa shape index (κ2) is 6.58. The van der Waals surface area contributed by atoms with Gasteiger partial charge in [-0.15, -0.1) is 0 Å². The largest absolute Gasteiger partial charge is 0.468 e. The molecule has 1 aromatic carbocycles. The van der Waals surface area contributed by atoms with Crippen LogP contribution in [0.3, 0.4) is 0 Å². The standard InChI is InChI=1S/C16H14F2O7/c1-23-13(21)15(14(22)24-2)10(16(15,17)18)8-11(19)25-12(20)9-6-4-3-5-7-9/h3-7,10H,8H2,1-2H3. The summed E-state index contributed by atoms with van der Waals surface area (Å²) in [7, 11) is 1.66. The molecule has 0 heterocycles. The molecule has 134 valence electrons. The van der Waals surface area contributed by atoms with Crippen molar-refractivity contribution in [2.45, 2.75) is 12.3 Å². The predicted octanol–water partition coefficient (Wildman–Crippen LogP) is 1.36. The van der Waals surface area contributed by atoms with E-state index in [-0.39, 0.29) is 5.56 Å². The quantitative estimate of drug-likeness (QED) is 0.446. The van der Waals surface area contributed by atoms with Crippen LogP contribution in [0, 0.1) is 11.3 Å². The van der Waals surface area contributed by atoms with E-state index in [2.05, 4.69) is 14.2 Å². The number of alkyl halides is 2. The van der Waals surface area contributed by atoms with E-state index in [0.29, 0.717) is 0 Å². The SMILES string of the molecule is COC(=O)C1(C(=O)OC)C(CC(=O)OC(=O)c2ccccc2)C1(F)F. The second-order valence-corrected chi connectivity index (χ2v) is 5.30. The van der Waals surface area contributed by atoms with Gasteiger partial charge < -0.3 is 14.2 Å². The lowest BCUT2D eigenvalue weighted by Gasteiger charge is -2.11. The van der Waals surface area contributed by atoms with Gasteiger partial charge in [0.15, 0.2) is 0 Å². The van der Waals surface area contributed by atoms with E-state index in [1.54, 1.807) is 6.07 Å². The van der Waals surface area contributed by atoms with Crippen molar-refractivity contribution in [3.05, 3.63) is 35.9 Å². The highest BCUT2D eigenvalue weighted by atomic mass is 19.3. The third-order valence-corrected chi connectivity index (χ3v) is 4.00. The van der Waals surface area contributed by atoms with Gasteiger partial charge in [0.25, 0.3) is 5.92 Å². The van der Waals surface area contributed by atoms with E-state index >= 15 is 0 Å². The van der Waals surface area contributed by atoms with Crippen LogP contribution in [0.1, 0.15) is 16.8 Å². The van der Waals surface area contributed by atoms with Gasteiger partial charge in [-0.3, -0.25) is 14.4 Å². The number of benzene rings is 1. The number of esters is 4. The molecule has 1 fully saturated rings. The summed E-state index contributed by atoms with van der Waals surface area (Å²) in [6.45, 7) is 0. The number of ether oxygens (including phenoxy) is 3. The first-order chi connectivity index (χ1) is 11.7. The molecule has 0 amide bonds. The van der Waals surface area contributed by atoms with Crippen LogP contribution in [0.5, 0.6) is 0 Å². The predicted molar refractivity (Wildman–Crippen MR) is 76.4 cm³/mol. The fourth-order valence-corrected chi connectivity index (χ4v) is 2.66. The number of rotatable bonds is 5. The van der Waals surface area contributed by atoms with Crippen molar-refractivity contribution < 1.29 is 42.2 Å². The lowest BCUT2D eigenvalue weighted by atomic mass is 10.0. The van der Waals surface area contributed by atoms with Crippen molar-refractivity contribution in [1.82, 2.24) is 0 Å². The molecular formula is C16H14F2O7. The molecule has 1 aliphatic carbocycles. The van der Waals surface area contributed by atoms with Crippen molar-refractivity contribution in [2.75, 3.05) is 14.2 Å². The average molecular weight is 356 g/mol. The fraction of sp³-hybridized carbons (Fsp3) is 0.375. The van der Waals surface area contributed by atoms with Gasteiger partial charge in [-0.1, -0.05) is 18.2 Å². The Balaban J connectivity index is 2.13. The van der Waals surface area contributed by atoms with Crippen LogP contribution >= 0.6 is 0 Å². The number of hydrogen-bond donors (Lipinski definition) is 0. The number of methoxy groups -OCH3 is 2. The van der Waals surface area contributed by atoms with E-state index in [1.807, 2.05) is 0 Å². The highest BCUT2D eigenvalue weighted by Crippen LogP contribution is 2.68. The third kappa shape index (κ3) is 2.86. The van der Waals surface area contributed by atoms with Crippen molar-refractivity contribution in [1.29, 1.82) is 0 Å². The van der Waals surface area contributed by atoms with Crippen LogP contribution in [0.25, 0.3) is 0 Å². The second-order valence-electron chi connectivity index (χ2n) is 5.30. The van der Waals surface area contributed by atoms with E-state index in [0.717, 1.165) is 14.2 Å². The molecule has 1 saturated carbocycles. The first-order valence-corrected chi connectivity index (χ1v) is 7.08. The highest BCUT2D eigenvalue weighted by molar-refractivity contribution is 6.07. The van der Waals surface area contributed by atoms with E-state index in [1.165, 1.54) is 24.3 Å². The minimum Gasteiger partial charge on any atom is -0.468 e. The Morgan fingerprint density at radius 2 is 1.52 bits per heavy atom. The fourth-order valence-electron chi connectivity index (χ4n) is 2.66. The molecule has 1 atom stereocenters. The Morgan fingerprint density at radius 1 is 1.00 bits per heavy atom. The third-order valence-electron chi connectivity index (χ3n) is 4.00. The van der Waals surface area contributed by atoms with Crippen molar-refractivity contribution in [3.8, 4) is 0 Å².